The zero-order chi connectivity index (χ0) is 10.7. The molecule has 1 rings (SSSR count). The van der Waals surface area contributed by atoms with Crippen molar-refractivity contribution in [2.75, 3.05) is 0 Å². The average Bonchev–Trinajstić information content (AvgIpc) is 2.11. The molecule has 76 valence electrons. The summed E-state index contributed by atoms with van der Waals surface area (Å²) in [4.78, 5) is 13.6. The molecule has 14 heavy (non-hydrogen) atoms. The lowest BCUT2D eigenvalue weighted by atomic mass is 10.1. The Morgan fingerprint density at radius 3 is 2.43 bits per heavy atom. The summed E-state index contributed by atoms with van der Waals surface area (Å²) >= 11 is 0. The van der Waals surface area contributed by atoms with Crippen molar-refractivity contribution < 1.29 is 18.7 Å². The minimum atomic E-state index is -1.32. The topological polar surface area (TPSA) is 76.2 Å². The van der Waals surface area contributed by atoms with Crippen LogP contribution in [0.25, 0.3) is 0 Å². The number of carboxylic acid groups (broad SMARTS) is 1. The first-order valence-electron chi connectivity index (χ1n) is 3.78. The Morgan fingerprint density at radius 1 is 1.50 bits per heavy atom. The van der Waals surface area contributed by atoms with E-state index in [-0.39, 0.29) is 5.56 Å². The molecule has 0 saturated heterocycles. The molecule has 0 aliphatic heterocycles. The summed E-state index contributed by atoms with van der Waals surface area (Å²) in [7, 11) is 0. The molecular formula is C8H8F2N2O2. The Balaban J connectivity index is 2.91. The molecule has 4 nitrogen and oxygen atoms in total. The van der Waals surface area contributed by atoms with Crippen molar-refractivity contribution in [3.8, 4) is 0 Å². The van der Waals surface area contributed by atoms with Crippen LogP contribution in [0.5, 0.6) is 0 Å². The lowest BCUT2D eigenvalue weighted by molar-refractivity contribution is -0.138. The fourth-order valence-electron chi connectivity index (χ4n) is 0.940. The number of nitrogens with two attached hydrogens (primary N) is 1. The van der Waals surface area contributed by atoms with Crippen molar-refractivity contribution in [2.45, 2.75) is 12.5 Å². The zero-order valence-electron chi connectivity index (χ0n) is 7.08. The SMILES string of the molecule is N[C@@H](Cc1c(F)cncc1F)C(=O)O. The maximum Gasteiger partial charge on any atom is 0.320 e. The Labute approximate surface area is 78.4 Å². The number of carboxylic acids is 1. The highest BCUT2D eigenvalue weighted by Gasteiger charge is 2.17. The van der Waals surface area contributed by atoms with E-state index in [4.69, 9.17) is 10.8 Å². The molecule has 0 radical (unpaired) electrons. The van der Waals surface area contributed by atoms with Crippen LogP contribution in [0, 0.1) is 11.6 Å². The summed E-state index contributed by atoms with van der Waals surface area (Å²) in [6.07, 6.45) is 1.23. The number of hydrogen-bond donors (Lipinski definition) is 2. The first-order valence-corrected chi connectivity index (χ1v) is 3.78. The van der Waals surface area contributed by atoms with E-state index in [1.165, 1.54) is 0 Å². The number of hydrogen-bond acceptors (Lipinski definition) is 3. The second kappa shape index (κ2) is 4.10. The molecule has 6 heteroatoms. The van der Waals surface area contributed by atoms with Gasteiger partial charge in [-0.25, -0.2) is 8.78 Å². The van der Waals surface area contributed by atoms with Crippen molar-refractivity contribution in [3.63, 3.8) is 0 Å². The third kappa shape index (κ3) is 2.23. The molecule has 1 atom stereocenters. The van der Waals surface area contributed by atoms with Gasteiger partial charge in [-0.2, -0.15) is 0 Å². The normalized spacial score (nSPS) is 12.5. The van der Waals surface area contributed by atoms with Crippen LogP contribution in [0.15, 0.2) is 12.4 Å². The lowest BCUT2D eigenvalue weighted by Gasteiger charge is -2.07. The van der Waals surface area contributed by atoms with Crippen LogP contribution in [-0.4, -0.2) is 22.1 Å². The van der Waals surface area contributed by atoms with E-state index in [1.807, 2.05) is 0 Å². The Hall–Kier alpha value is -1.56. The zero-order valence-corrected chi connectivity index (χ0v) is 7.08. The van der Waals surface area contributed by atoms with Crippen molar-refractivity contribution in [2.24, 2.45) is 5.73 Å². The van der Waals surface area contributed by atoms with Crippen LogP contribution in [0.3, 0.4) is 0 Å². The number of aliphatic carboxylic acids is 1. The second-order valence-electron chi connectivity index (χ2n) is 2.73. The van der Waals surface area contributed by atoms with Crippen LogP contribution in [0.1, 0.15) is 5.56 Å². The third-order valence-corrected chi connectivity index (χ3v) is 1.69. The predicted octanol–water partition coefficient (Wildman–Crippen LogP) is 0.314. The van der Waals surface area contributed by atoms with Crippen LogP contribution < -0.4 is 5.73 Å². The summed E-state index contributed by atoms with van der Waals surface area (Å²) in [6, 6.07) is -1.32. The quantitative estimate of drug-likeness (QED) is 0.739. The Morgan fingerprint density at radius 2 is 2.00 bits per heavy atom. The van der Waals surface area contributed by atoms with E-state index >= 15 is 0 Å². The van der Waals surface area contributed by atoms with Gasteiger partial charge in [-0.1, -0.05) is 0 Å². The summed E-state index contributed by atoms with van der Waals surface area (Å²) < 4.78 is 25.8. The molecule has 1 heterocycles. The molecule has 1 aromatic rings. The molecule has 1 aromatic heterocycles. The van der Waals surface area contributed by atoms with Gasteiger partial charge in [-0.15, -0.1) is 0 Å². The lowest BCUT2D eigenvalue weighted by Crippen LogP contribution is -2.33. The molecule has 0 bridgehead atoms. The van der Waals surface area contributed by atoms with E-state index in [1.54, 1.807) is 0 Å². The van der Waals surface area contributed by atoms with Crippen molar-refractivity contribution >= 4 is 5.97 Å². The van der Waals surface area contributed by atoms with Crippen LogP contribution in [0.4, 0.5) is 8.78 Å². The maximum atomic E-state index is 12.9. The second-order valence-corrected chi connectivity index (χ2v) is 2.73. The van der Waals surface area contributed by atoms with E-state index in [2.05, 4.69) is 4.98 Å². The van der Waals surface area contributed by atoms with E-state index in [9.17, 15) is 13.6 Å². The molecule has 0 amide bonds. The standard InChI is InChI=1S/C8H8F2N2O2/c9-5-2-12-3-6(10)4(5)1-7(11)8(13)14/h2-3,7H,1,11H2,(H,13,14)/t7-/m0/s1. The number of pyridine rings is 1. The minimum Gasteiger partial charge on any atom is -0.480 e. The smallest absolute Gasteiger partial charge is 0.320 e. The minimum absolute atomic E-state index is 0.352. The van der Waals surface area contributed by atoms with Crippen LogP contribution in [0.2, 0.25) is 0 Å². The van der Waals surface area contributed by atoms with Crippen molar-refractivity contribution in [3.05, 3.63) is 29.6 Å². The van der Waals surface area contributed by atoms with Gasteiger partial charge in [0, 0.05) is 12.0 Å². The van der Waals surface area contributed by atoms with Crippen LogP contribution >= 0.6 is 0 Å². The molecule has 0 saturated carbocycles. The van der Waals surface area contributed by atoms with E-state index in [0.29, 0.717) is 0 Å². The number of nitrogens with zero attached hydrogens (tertiary/aromatic N) is 1. The summed E-state index contributed by atoms with van der Waals surface area (Å²) in [6.45, 7) is 0. The van der Waals surface area contributed by atoms with Gasteiger partial charge < -0.3 is 10.8 Å². The fraction of sp³-hybridized carbons (Fsp3) is 0.250. The number of rotatable bonds is 3. The summed E-state index contributed by atoms with van der Waals surface area (Å²) in [5.41, 5.74) is 4.78. The molecule has 0 unspecified atom stereocenters. The number of aromatic nitrogens is 1. The third-order valence-electron chi connectivity index (χ3n) is 1.69. The van der Waals surface area contributed by atoms with Gasteiger partial charge in [-0.05, 0) is 0 Å². The Kier molecular flexibility index (Phi) is 3.08. The molecule has 3 N–H and O–H groups in total. The summed E-state index contributed by atoms with van der Waals surface area (Å²) in [5.74, 6) is -3.08. The first-order chi connectivity index (χ1) is 6.52. The highest BCUT2D eigenvalue weighted by atomic mass is 19.1. The monoisotopic (exact) mass is 202 g/mol. The molecule has 0 spiro atoms. The van der Waals surface area contributed by atoms with Gasteiger partial charge in [0.2, 0.25) is 0 Å². The summed E-state index contributed by atoms with van der Waals surface area (Å²) in [5, 5.41) is 8.44. The first kappa shape index (κ1) is 10.5. The molecular weight excluding hydrogens is 194 g/mol. The van der Waals surface area contributed by atoms with Gasteiger partial charge in [0.1, 0.15) is 17.7 Å². The maximum absolute atomic E-state index is 12.9. The van der Waals surface area contributed by atoms with Crippen LogP contribution in [-0.2, 0) is 11.2 Å². The van der Waals surface area contributed by atoms with Gasteiger partial charge in [0.05, 0.1) is 12.4 Å². The largest absolute Gasteiger partial charge is 0.480 e. The van der Waals surface area contributed by atoms with Gasteiger partial charge in [-0.3, -0.25) is 9.78 Å². The van der Waals surface area contributed by atoms with Gasteiger partial charge in [0.25, 0.3) is 0 Å². The average molecular weight is 202 g/mol. The van der Waals surface area contributed by atoms with Crippen molar-refractivity contribution in [1.29, 1.82) is 0 Å². The van der Waals surface area contributed by atoms with Gasteiger partial charge >= 0.3 is 5.97 Å². The van der Waals surface area contributed by atoms with E-state index < -0.39 is 30.1 Å². The highest BCUT2D eigenvalue weighted by Crippen LogP contribution is 2.11. The molecule has 0 aliphatic rings. The Bertz CT molecular complexity index is 337. The number of halogens is 2. The fourth-order valence-corrected chi connectivity index (χ4v) is 0.940. The molecule has 0 aromatic carbocycles. The highest BCUT2D eigenvalue weighted by molar-refractivity contribution is 5.73. The van der Waals surface area contributed by atoms with Gasteiger partial charge in [0.15, 0.2) is 0 Å². The number of carbonyl (C=O) groups is 1. The molecule has 0 aliphatic carbocycles. The molecule has 0 fully saturated rings. The van der Waals surface area contributed by atoms with E-state index in [0.717, 1.165) is 12.4 Å². The predicted molar refractivity (Wildman–Crippen MR) is 43.5 cm³/mol. The van der Waals surface area contributed by atoms with Crippen molar-refractivity contribution in [1.82, 2.24) is 4.98 Å².